The molecule has 2 aliphatic heterocycles. The second-order valence-electron chi connectivity index (χ2n) is 5.96. The molecule has 0 fully saturated rings. The van der Waals surface area contributed by atoms with Gasteiger partial charge in [0.15, 0.2) is 11.3 Å². The third-order valence-corrected chi connectivity index (χ3v) is 4.98. The number of hydrazone groups is 1. The zero-order valence-electron chi connectivity index (χ0n) is 14.9. The summed E-state index contributed by atoms with van der Waals surface area (Å²) in [6.07, 6.45) is 1.01. The first kappa shape index (κ1) is 18.0. The molecule has 0 saturated carbocycles. The van der Waals surface area contributed by atoms with Crippen LogP contribution in [-0.4, -0.2) is 34.4 Å². The van der Waals surface area contributed by atoms with Crippen molar-refractivity contribution in [1.82, 2.24) is 10.3 Å². The van der Waals surface area contributed by atoms with E-state index in [4.69, 9.17) is 9.73 Å². The molecule has 0 saturated heterocycles. The van der Waals surface area contributed by atoms with Crippen molar-refractivity contribution in [2.75, 3.05) is 13.4 Å². The Bertz CT molecular complexity index is 1150. The molecule has 9 nitrogen and oxygen atoms in total. The number of amides is 1. The summed E-state index contributed by atoms with van der Waals surface area (Å²) in [4.78, 5) is 28.3. The molecule has 2 heterocycles. The van der Waals surface area contributed by atoms with Crippen molar-refractivity contribution in [1.29, 1.82) is 0 Å². The van der Waals surface area contributed by atoms with Gasteiger partial charge in [-0.1, -0.05) is 30.0 Å². The van der Waals surface area contributed by atoms with Crippen LogP contribution in [0.1, 0.15) is 11.7 Å². The Morgan fingerprint density at radius 1 is 1.29 bits per heavy atom. The van der Waals surface area contributed by atoms with Crippen molar-refractivity contribution in [3.05, 3.63) is 68.7 Å². The lowest BCUT2D eigenvalue weighted by atomic mass is 10.1. The standard InChI is InChI=1S/C18H15N5O4S/c1-27-14-8-7-10(23(25)26)9-12(14)16-19-13-6-4-3-5-11(13)15-17(24)20-18(28-2)21-22(15)16/h3-9,16H,1-2H3,(H,20,21,24). The fourth-order valence-corrected chi connectivity index (χ4v) is 3.52. The number of benzene rings is 2. The lowest BCUT2D eigenvalue weighted by molar-refractivity contribution is -0.385. The lowest BCUT2D eigenvalue weighted by Crippen LogP contribution is -2.50. The van der Waals surface area contributed by atoms with Gasteiger partial charge < -0.3 is 4.74 Å². The summed E-state index contributed by atoms with van der Waals surface area (Å²) in [6, 6.07) is 11.5. The van der Waals surface area contributed by atoms with E-state index < -0.39 is 11.1 Å². The van der Waals surface area contributed by atoms with Gasteiger partial charge in [-0.3, -0.25) is 25.2 Å². The van der Waals surface area contributed by atoms with Gasteiger partial charge in [-0.05, 0) is 18.4 Å². The van der Waals surface area contributed by atoms with Crippen LogP contribution in [0.15, 0.2) is 52.6 Å². The number of nitrogens with one attached hydrogen (secondary N) is 1. The molecule has 1 amide bonds. The third kappa shape index (κ3) is 2.87. The summed E-state index contributed by atoms with van der Waals surface area (Å²) in [5, 5.41) is 21.7. The predicted octanol–water partition coefficient (Wildman–Crippen LogP) is 1.11. The van der Waals surface area contributed by atoms with Crippen LogP contribution in [0.25, 0.3) is 5.70 Å². The highest BCUT2D eigenvalue weighted by Gasteiger charge is 2.36. The molecule has 28 heavy (non-hydrogen) atoms. The fraction of sp³-hybridized carbons (Fsp3) is 0.167. The summed E-state index contributed by atoms with van der Waals surface area (Å²) < 4.78 is 5.41. The SMILES string of the molecule is COc1ccc([N+](=O)[O-])cc1C1N=c2ccccc2=C2C(=O)NC(SC)=NN21. The number of non-ortho nitro benzene ring substituents is 1. The van der Waals surface area contributed by atoms with Gasteiger partial charge in [0.05, 0.1) is 17.4 Å². The van der Waals surface area contributed by atoms with Crippen LogP contribution in [0.2, 0.25) is 0 Å². The van der Waals surface area contributed by atoms with E-state index in [2.05, 4.69) is 10.4 Å². The Hall–Kier alpha value is -3.40. The molecule has 142 valence electrons. The van der Waals surface area contributed by atoms with Gasteiger partial charge in [-0.2, -0.15) is 0 Å². The molecule has 1 N–H and O–H groups in total. The minimum atomic E-state index is -0.784. The molecule has 0 aliphatic carbocycles. The molecule has 0 radical (unpaired) electrons. The van der Waals surface area contributed by atoms with E-state index in [1.54, 1.807) is 18.4 Å². The second-order valence-corrected chi connectivity index (χ2v) is 6.75. The lowest BCUT2D eigenvalue weighted by Gasteiger charge is -2.34. The molecule has 10 heteroatoms. The number of para-hydroxylation sites is 1. The predicted molar refractivity (Wildman–Crippen MR) is 104 cm³/mol. The Morgan fingerprint density at radius 3 is 2.79 bits per heavy atom. The first-order chi connectivity index (χ1) is 13.5. The van der Waals surface area contributed by atoms with Crippen LogP contribution in [-0.2, 0) is 4.79 Å². The van der Waals surface area contributed by atoms with Crippen LogP contribution < -0.4 is 20.6 Å². The smallest absolute Gasteiger partial charge is 0.276 e. The number of fused-ring (bicyclic) bond motifs is 2. The van der Waals surface area contributed by atoms with Crippen molar-refractivity contribution in [3.63, 3.8) is 0 Å². The highest BCUT2D eigenvalue weighted by Crippen LogP contribution is 2.37. The van der Waals surface area contributed by atoms with Crippen molar-refractivity contribution >= 4 is 34.2 Å². The van der Waals surface area contributed by atoms with E-state index in [0.29, 0.717) is 32.8 Å². The number of amidine groups is 1. The van der Waals surface area contributed by atoms with Crippen LogP contribution in [0, 0.1) is 10.1 Å². The largest absolute Gasteiger partial charge is 0.496 e. The molecular formula is C18H15N5O4S. The van der Waals surface area contributed by atoms with Crippen LogP contribution in [0.4, 0.5) is 5.69 Å². The van der Waals surface area contributed by atoms with E-state index in [-0.39, 0.29) is 11.6 Å². The topological polar surface area (TPSA) is 109 Å². The van der Waals surface area contributed by atoms with Crippen molar-refractivity contribution < 1.29 is 14.5 Å². The number of nitro benzene ring substituents is 1. The summed E-state index contributed by atoms with van der Waals surface area (Å²) in [6.45, 7) is 0. The number of nitrogens with zero attached hydrogens (tertiary/aromatic N) is 4. The normalized spacial score (nSPS) is 17.7. The van der Waals surface area contributed by atoms with Crippen LogP contribution >= 0.6 is 11.8 Å². The molecule has 4 rings (SSSR count). The van der Waals surface area contributed by atoms with Gasteiger partial charge in [0, 0.05) is 22.9 Å². The number of carbonyl (C=O) groups excluding carboxylic acids is 1. The van der Waals surface area contributed by atoms with Gasteiger partial charge in [0.2, 0.25) is 0 Å². The molecule has 1 atom stereocenters. The molecule has 1 unspecified atom stereocenters. The Kier molecular flexibility index (Phi) is 4.47. The fourth-order valence-electron chi connectivity index (χ4n) is 3.16. The van der Waals surface area contributed by atoms with Crippen molar-refractivity contribution in [3.8, 4) is 5.75 Å². The number of hydrogen-bond donors (Lipinski definition) is 1. The zero-order valence-corrected chi connectivity index (χ0v) is 15.8. The Labute approximate surface area is 163 Å². The number of ether oxygens (including phenoxy) is 1. The summed E-state index contributed by atoms with van der Waals surface area (Å²) in [5.74, 6) is 0.112. The Balaban J connectivity index is 2.01. The molecular weight excluding hydrogens is 382 g/mol. The molecule has 2 aromatic carbocycles. The molecule has 0 bridgehead atoms. The average Bonchev–Trinajstić information content (AvgIpc) is 2.72. The van der Waals surface area contributed by atoms with Gasteiger partial charge in [-0.15, -0.1) is 5.10 Å². The van der Waals surface area contributed by atoms with Crippen molar-refractivity contribution in [2.24, 2.45) is 10.1 Å². The van der Waals surface area contributed by atoms with Crippen molar-refractivity contribution in [2.45, 2.75) is 6.17 Å². The second kappa shape index (κ2) is 6.97. The van der Waals surface area contributed by atoms with Gasteiger partial charge in [0.25, 0.3) is 11.6 Å². The summed E-state index contributed by atoms with van der Waals surface area (Å²) >= 11 is 1.28. The van der Waals surface area contributed by atoms with Crippen LogP contribution in [0.3, 0.4) is 0 Å². The number of hydrogen-bond acceptors (Lipinski definition) is 8. The molecule has 0 spiro atoms. The average molecular weight is 397 g/mol. The monoisotopic (exact) mass is 397 g/mol. The first-order valence-electron chi connectivity index (χ1n) is 8.26. The van der Waals surface area contributed by atoms with Crippen LogP contribution in [0.5, 0.6) is 5.75 Å². The summed E-state index contributed by atoms with van der Waals surface area (Å²) in [7, 11) is 1.48. The van der Waals surface area contributed by atoms with Gasteiger partial charge >= 0.3 is 0 Å². The molecule has 2 aromatic rings. The quantitative estimate of drug-likeness (QED) is 0.614. The molecule has 0 aromatic heterocycles. The maximum Gasteiger partial charge on any atom is 0.276 e. The maximum atomic E-state index is 12.8. The number of nitro groups is 1. The number of methoxy groups -OCH3 is 1. The zero-order chi connectivity index (χ0) is 19.8. The maximum absolute atomic E-state index is 12.8. The highest BCUT2D eigenvalue weighted by atomic mass is 32.2. The highest BCUT2D eigenvalue weighted by molar-refractivity contribution is 8.13. The number of thioether (sulfide) groups is 1. The van der Waals surface area contributed by atoms with E-state index in [1.165, 1.54) is 42.1 Å². The van der Waals surface area contributed by atoms with Gasteiger partial charge in [0.1, 0.15) is 11.4 Å². The number of rotatable bonds is 3. The third-order valence-electron chi connectivity index (χ3n) is 4.41. The minimum Gasteiger partial charge on any atom is -0.496 e. The van der Waals surface area contributed by atoms with E-state index >= 15 is 0 Å². The molecule has 2 aliphatic rings. The van der Waals surface area contributed by atoms with E-state index in [1.807, 2.05) is 12.1 Å². The summed E-state index contributed by atoms with van der Waals surface area (Å²) in [5.41, 5.74) is 0.687. The minimum absolute atomic E-state index is 0.0954. The number of carbonyl (C=O) groups is 1. The Morgan fingerprint density at radius 2 is 2.07 bits per heavy atom. The van der Waals surface area contributed by atoms with Gasteiger partial charge in [-0.25, -0.2) is 5.01 Å². The van der Waals surface area contributed by atoms with E-state index in [9.17, 15) is 14.9 Å². The van der Waals surface area contributed by atoms with E-state index in [0.717, 1.165) is 0 Å². The first-order valence-corrected chi connectivity index (χ1v) is 9.48.